The molecule has 1 aromatic heterocycles. The normalized spacial score (nSPS) is 13.4. The van der Waals surface area contributed by atoms with Crippen LogP contribution in [0.2, 0.25) is 0 Å². The summed E-state index contributed by atoms with van der Waals surface area (Å²) < 4.78 is 7.69. The van der Waals surface area contributed by atoms with Gasteiger partial charge in [0, 0.05) is 23.2 Å². The highest BCUT2D eigenvalue weighted by atomic mass is 16.5. The van der Waals surface area contributed by atoms with Gasteiger partial charge in [0.15, 0.2) is 0 Å². The molecule has 1 aliphatic carbocycles. The van der Waals surface area contributed by atoms with Crippen molar-refractivity contribution in [3.05, 3.63) is 125 Å². The summed E-state index contributed by atoms with van der Waals surface area (Å²) in [4.78, 5) is 12.1. The fraction of sp³-hybridized carbons (Fsp3) is 0.172. The molecule has 3 aromatic carbocycles. The maximum atomic E-state index is 12.1. The number of ether oxygens (including phenoxy) is 1. The topological polar surface area (TPSA) is 64.3 Å². The predicted molar refractivity (Wildman–Crippen MR) is 132 cm³/mol. The summed E-state index contributed by atoms with van der Waals surface area (Å²) in [5, 5.41) is 14.4. The predicted octanol–water partition coefficient (Wildman–Crippen LogP) is 5.55. The van der Waals surface area contributed by atoms with Crippen molar-refractivity contribution in [2.75, 3.05) is 0 Å². The zero-order valence-electron chi connectivity index (χ0n) is 18.7. The lowest BCUT2D eigenvalue weighted by molar-refractivity contribution is -0.145. The molecule has 5 rings (SSSR count). The molecule has 1 N–H and O–H groups in total. The van der Waals surface area contributed by atoms with Crippen molar-refractivity contribution >= 4 is 12.0 Å². The SMILES string of the molecule is O=C(O)C(Cn1cc(C(c2ccccc2)c2ccccc2)cn1)Oc1cccc2c1CCC=C2. The van der Waals surface area contributed by atoms with Crippen LogP contribution in [0, 0.1) is 0 Å². The van der Waals surface area contributed by atoms with Crippen LogP contribution in [-0.2, 0) is 17.8 Å². The largest absolute Gasteiger partial charge is 0.478 e. The summed E-state index contributed by atoms with van der Waals surface area (Å²) in [6.07, 6.45) is 8.66. The molecule has 0 aliphatic heterocycles. The quantitative estimate of drug-likeness (QED) is 0.382. The van der Waals surface area contributed by atoms with E-state index in [0.717, 1.165) is 40.7 Å². The standard InChI is InChI=1S/C29H26N2O3/c32-29(33)27(34-26-17-9-15-21-10-7-8-16-25(21)26)20-31-19-24(18-30-31)28(22-11-3-1-4-12-22)23-13-5-2-6-14-23/h1-7,9-15,17-19,27-28H,8,16,20H2,(H,32,33). The Bertz CT molecular complexity index is 1260. The molecule has 34 heavy (non-hydrogen) atoms. The third-order valence-electron chi connectivity index (χ3n) is 6.18. The van der Waals surface area contributed by atoms with Gasteiger partial charge in [-0.3, -0.25) is 4.68 Å². The average Bonchev–Trinajstić information content (AvgIpc) is 3.33. The summed E-state index contributed by atoms with van der Waals surface area (Å²) in [6, 6.07) is 26.3. The summed E-state index contributed by atoms with van der Waals surface area (Å²) in [7, 11) is 0. The molecule has 0 saturated carbocycles. The Morgan fingerprint density at radius 2 is 1.65 bits per heavy atom. The molecule has 0 fully saturated rings. The zero-order chi connectivity index (χ0) is 23.3. The minimum Gasteiger partial charge on any atom is -0.478 e. The Morgan fingerprint density at radius 1 is 0.941 bits per heavy atom. The molecule has 1 heterocycles. The van der Waals surface area contributed by atoms with Crippen molar-refractivity contribution in [1.29, 1.82) is 0 Å². The van der Waals surface area contributed by atoms with Crippen LogP contribution < -0.4 is 4.74 Å². The molecular weight excluding hydrogens is 424 g/mol. The Labute approximate surface area is 199 Å². The molecule has 0 radical (unpaired) electrons. The van der Waals surface area contributed by atoms with Crippen LogP contribution in [0.5, 0.6) is 5.75 Å². The lowest BCUT2D eigenvalue weighted by Crippen LogP contribution is -2.32. The van der Waals surface area contributed by atoms with Crippen LogP contribution in [0.25, 0.3) is 6.08 Å². The van der Waals surface area contributed by atoms with E-state index in [4.69, 9.17) is 4.74 Å². The third kappa shape index (κ3) is 4.64. The molecule has 0 saturated heterocycles. The number of hydrogen-bond acceptors (Lipinski definition) is 3. The van der Waals surface area contributed by atoms with Gasteiger partial charge in [-0.2, -0.15) is 5.10 Å². The number of aliphatic carboxylic acids is 1. The van der Waals surface area contributed by atoms with Gasteiger partial charge in [-0.1, -0.05) is 84.9 Å². The van der Waals surface area contributed by atoms with Crippen LogP contribution >= 0.6 is 0 Å². The molecule has 5 heteroatoms. The number of carbonyl (C=O) groups is 1. The van der Waals surface area contributed by atoms with E-state index in [0.29, 0.717) is 5.75 Å². The highest BCUT2D eigenvalue weighted by molar-refractivity contribution is 5.73. The smallest absolute Gasteiger partial charge is 0.346 e. The molecule has 1 aliphatic rings. The van der Waals surface area contributed by atoms with E-state index in [1.165, 1.54) is 0 Å². The van der Waals surface area contributed by atoms with Gasteiger partial charge in [0.05, 0.1) is 12.7 Å². The monoisotopic (exact) mass is 450 g/mol. The highest BCUT2D eigenvalue weighted by Crippen LogP contribution is 2.32. The van der Waals surface area contributed by atoms with E-state index in [-0.39, 0.29) is 12.5 Å². The summed E-state index contributed by atoms with van der Waals surface area (Å²) in [5.74, 6) is -0.370. The van der Waals surface area contributed by atoms with E-state index in [2.05, 4.69) is 41.5 Å². The maximum absolute atomic E-state index is 12.1. The number of allylic oxidation sites excluding steroid dienone is 1. The molecule has 4 aromatic rings. The number of benzene rings is 3. The maximum Gasteiger partial charge on any atom is 0.346 e. The van der Waals surface area contributed by atoms with Crippen molar-refractivity contribution < 1.29 is 14.6 Å². The van der Waals surface area contributed by atoms with Crippen molar-refractivity contribution in [2.24, 2.45) is 0 Å². The fourth-order valence-corrected chi connectivity index (χ4v) is 4.54. The van der Waals surface area contributed by atoms with Gasteiger partial charge in [0.1, 0.15) is 5.75 Å². The molecule has 1 atom stereocenters. The first kappa shape index (κ1) is 21.7. The van der Waals surface area contributed by atoms with E-state index in [1.807, 2.05) is 67.0 Å². The number of hydrogen-bond donors (Lipinski definition) is 1. The number of fused-ring (bicyclic) bond motifs is 1. The number of carboxylic acids is 1. The Morgan fingerprint density at radius 3 is 2.32 bits per heavy atom. The summed E-state index contributed by atoms with van der Waals surface area (Å²) >= 11 is 0. The number of nitrogens with zero attached hydrogens (tertiary/aromatic N) is 2. The average molecular weight is 451 g/mol. The van der Waals surface area contributed by atoms with Crippen molar-refractivity contribution in [3.63, 3.8) is 0 Å². The first-order valence-corrected chi connectivity index (χ1v) is 11.5. The molecule has 0 bridgehead atoms. The Kier molecular flexibility index (Phi) is 6.25. The van der Waals surface area contributed by atoms with E-state index in [9.17, 15) is 9.90 Å². The lowest BCUT2D eigenvalue weighted by atomic mass is 9.87. The Hall–Kier alpha value is -4.12. The van der Waals surface area contributed by atoms with E-state index >= 15 is 0 Å². The van der Waals surface area contributed by atoms with Gasteiger partial charge in [-0.15, -0.1) is 0 Å². The highest BCUT2D eigenvalue weighted by Gasteiger charge is 2.24. The van der Waals surface area contributed by atoms with Gasteiger partial charge in [-0.25, -0.2) is 4.79 Å². The number of rotatable bonds is 8. The van der Waals surface area contributed by atoms with Crippen LogP contribution in [0.4, 0.5) is 0 Å². The minimum atomic E-state index is -1.04. The summed E-state index contributed by atoms with van der Waals surface area (Å²) in [6.45, 7) is 0.116. The molecule has 1 unspecified atom stereocenters. The van der Waals surface area contributed by atoms with Gasteiger partial charge in [0.2, 0.25) is 6.10 Å². The van der Waals surface area contributed by atoms with Gasteiger partial charge in [-0.05, 0) is 35.6 Å². The van der Waals surface area contributed by atoms with Crippen LogP contribution in [0.1, 0.15) is 40.2 Å². The molecule has 5 nitrogen and oxygen atoms in total. The number of aromatic nitrogens is 2. The van der Waals surface area contributed by atoms with Crippen LogP contribution in [0.3, 0.4) is 0 Å². The zero-order valence-corrected chi connectivity index (χ0v) is 18.7. The molecule has 0 spiro atoms. The molecule has 0 amide bonds. The van der Waals surface area contributed by atoms with Crippen LogP contribution in [-0.4, -0.2) is 27.0 Å². The van der Waals surface area contributed by atoms with Crippen molar-refractivity contribution in [1.82, 2.24) is 9.78 Å². The first-order valence-electron chi connectivity index (χ1n) is 11.5. The van der Waals surface area contributed by atoms with E-state index in [1.54, 1.807) is 4.68 Å². The third-order valence-corrected chi connectivity index (χ3v) is 6.18. The van der Waals surface area contributed by atoms with Crippen LogP contribution in [0.15, 0.2) is 97.3 Å². The first-order chi connectivity index (χ1) is 16.7. The summed E-state index contributed by atoms with van der Waals surface area (Å²) in [5.41, 5.74) is 5.46. The molecule has 170 valence electrons. The van der Waals surface area contributed by atoms with E-state index < -0.39 is 12.1 Å². The van der Waals surface area contributed by atoms with Gasteiger partial charge >= 0.3 is 5.97 Å². The molecular formula is C29H26N2O3. The van der Waals surface area contributed by atoms with Crippen molar-refractivity contribution in [2.45, 2.75) is 31.4 Å². The minimum absolute atomic E-state index is 0.00766. The second kappa shape index (κ2) is 9.79. The number of carboxylic acid groups (broad SMARTS) is 1. The van der Waals surface area contributed by atoms with Crippen molar-refractivity contribution in [3.8, 4) is 5.75 Å². The fourth-order valence-electron chi connectivity index (χ4n) is 4.54. The lowest BCUT2D eigenvalue weighted by Gasteiger charge is -2.20. The second-order valence-electron chi connectivity index (χ2n) is 8.46. The second-order valence-corrected chi connectivity index (χ2v) is 8.46. The Balaban J connectivity index is 1.41. The van der Waals surface area contributed by atoms with Gasteiger partial charge in [0.25, 0.3) is 0 Å². The van der Waals surface area contributed by atoms with Gasteiger partial charge < -0.3 is 9.84 Å².